The van der Waals surface area contributed by atoms with Crippen LogP contribution in [0.1, 0.15) is 45.6 Å². The van der Waals surface area contributed by atoms with Crippen LogP contribution in [0.3, 0.4) is 0 Å². The van der Waals surface area contributed by atoms with Crippen LogP contribution in [0.25, 0.3) is 16.2 Å². The molecule has 0 radical (unpaired) electrons. The van der Waals surface area contributed by atoms with Gasteiger partial charge in [0.1, 0.15) is 36.2 Å². The Bertz CT molecular complexity index is 1200. The van der Waals surface area contributed by atoms with Crippen molar-refractivity contribution in [3.63, 3.8) is 0 Å². The molecule has 0 amide bonds. The molecule has 37 heavy (non-hydrogen) atoms. The van der Waals surface area contributed by atoms with Crippen LogP contribution < -0.4 is 4.74 Å². The molecule has 0 fully saturated rings. The predicted octanol–water partition coefficient (Wildman–Crippen LogP) is 6.92. The zero-order valence-electron chi connectivity index (χ0n) is 22.0. The third-order valence-corrected chi connectivity index (χ3v) is 6.62. The highest BCUT2D eigenvalue weighted by atomic mass is 32.1. The second-order valence-electron chi connectivity index (χ2n) is 10.1. The SMILES string of the molecule is CN(CCOc1ccc(C2=COC=C(CC3=CC=CCC3)O2)cc1-c1cccs1)CC(=O)OC(C)(C)C. The Labute approximate surface area is 223 Å². The summed E-state index contributed by atoms with van der Waals surface area (Å²) in [5.74, 6) is 2.01. The van der Waals surface area contributed by atoms with Gasteiger partial charge in [0.25, 0.3) is 0 Å². The second kappa shape index (κ2) is 12.3. The number of allylic oxidation sites excluding steroid dienone is 4. The lowest BCUT2D eigenvalue weighted by Gasteiger charge is -2.22. The smallest absolute Gasteiger partial charge is 0.320 e. The lowest BCUT2D eigenvalue weighted by Crippen LogP contribution is -2.34. The largest absolute Gasteiger partial charge is 0.492 e. The van der Waals surface area contributed by atoms with E-state index in [-0.39, 0.29) is 12.5 Å². The average Bonchev–Trinajstić information content (AvgIpc) is 3.39. The van der Waals surface area contributed by atoms with Crippen molar-refractivity contribution in [2.75, 3.05) is 26.7 Å². The number of hydrogen-bond acceptors (Lipinski definition) is 7. The Morgan fingerprint density at radius 1 is 1.19 bits per heavy atom. The van der Waals surface area contributed by atoms with Gasteiger partial charge < -0.3 is 18.9 Å². The van der Waals surface area contributed by atoms with Gasteiger partial charge in [-0.25, -0.2) is 0 Å². The number of esters is 1. The molecular formula is C30H35NO5S. The van der Waals surface area contributed by atoms with Crippen LogP contribution in [0.5, 0.6) is 5.75 Å². The highest BCUT2D eigenvalue weighted by Crippen LogP contribution is 2.37. The number of ether oxygens (including phenoxy) is 4. The van der Waals surface area contributed by atoms with Crippen molar-refractivity contribution in [1.82, 2.24) is 4.90 Å². The van der Waals surface area contributed by atoms with Crippen LogP contribution in [-0.4, -0.2) is 43.2 Å². The Kier molecular flexibility index (Phi) is 8.90. The molecule has 6 nitrogen and oxygen atoms in total. The fourth-order valence-corrected chi connectivity index (χ4v) is 4.75. The highest BCUT2D eigenvalue weighted by Gasteiger charge is 2.19. The zero-order valence-corrected chi connectivity index (χ0v) is 22.8. The molecule has 1 aliphatic carbocycles. The topological polar surface area (TPSA) is 57.2 Å². The summed E-state index contributed by atoms with van der Waals surface area (Å²) in [6.07, 6.45) is 12.6. The molecule has 2 aliphatic rings. The standard InChI is InChI=1S/C30H35NO5S/c1-30(2,3)36-29(32)19-31(4)14-15-34-26-13-12-23(18-25(26)28-11-8-16-37-28)27-21-33-20-24(35-27)17-22-9-6-5-7-10-22/h5-6,8-9,11-13,16,18,20-21H,7,10,14-15,17,19H2,1-4H3. The molecule has 2 heterocycles. The first-order valence-corrected chi connectivity index (χ1v) is 13.4. The van der Waals surface area contributed by atoms with Crippen molar-refractivity contribution in [2.24, 2.45) is 0 Å². The Balaban J connectivity index is 1.40. The third kappa shape index (κ3) is 8.10. The zero-order chi connectivity index (χ0) is 26.3. The number of likely N-dealkylation sites (N-methyl/N-ethyl adjacent to an activating group) is 1. The summed E-state index contributed by atoms with van der Waals surface area (Å²) in [5.41, 5.74) is 2.75. The quantitative estimate of drug-likeness (QED) is 0.316. The molecule has 0 saturated heterocycles. The van der Waals surface area contributed by atoms with E-state index in [0.29, 0.717) is 18.9 Å². The van der Waals surface area contributed by atoms with E-state index in [4.69, 9.17) is 18.9 Å². The minimum absolute atomic E-state index is 0.214. The molecule has 0 saturated carbocycles. The Morgan fingerprint density at radius 2 is 2.05 bits per heavy atom. The molecule has 0 atom stereocenters. The maximum absolute atomic E-state index is 12.1. The number of benzene rings is 1. The van der Waals surface area contributed by atoms with Gasteiger partial charge in [-0.05, 0) is 70.3 Å². The monoisotopic (exact) mass is 521 g/mol. The van der Waals surface area contributed by atoms with E-state index in [1.165, 1.54) is 5.57 Å². The molecule has 1 aliphatic heterocycles. The number of carbonyl (C=O) groups excluding carboxylic acids is 1. The van der Waals surface area contributed by atoms with E-state index in [0.717, 1.165) is 46.8 Å². The first-order valence-electron chi connectivity index (χ1n) is 12.6. The van der Waals surface area contributed by atoms with Crippen molar-refractivity contribution in [2.45, 2.75) is 45.6 Å². The van der Waals surface area contributed by atoms with Gasteiger partial charge in [-0.3, -0.25) is 9.69 Å². The summed E-state index contributed by atoms with van der Waals surface area (Å²) >= 11 is 1.65. The molecule has 1 aromatic heterocycles. The molecule has 0 N–H and O–H groups in total. The Morgan fingerprint density at radius 3 is 2.78 bits per heavy atom. The van der Waals surface area contributed by atoms with Crippen molar-refractivity contribution < 1.29 is 23.7 Å². The molecular weight excluding hydrogens is 486 g/mol. The molecule has 0 bridgehead atoms. The van der Waals surface area contributed by atoms with E-state index < -0.39 is 5.60 Å². The first kappa shape index (κ1) is 26.8. The van der Waals surface area contributed by atoms with Crippen LogP contribution in [0.4, 0.5) is 0 Å². The summed E-state index contributed by atoms with van der Waals surface area (Å²) in [6.45, 7) is 6.85. The predicted molar refractivity (Wildman–Crippen MR) is 148 cm³/mol. The highest BCUT2D eigenvalue weighted by molar-refractivity contribution is 7.13. The van der Waals surface area contributed by atoms with Crippen molar-refractivity contribution in [3.05, 3.63) is 83.4 Å². The fraction of sp³-hybridized carbons (Fsp3) is 0.367. The van der Waals surface area contributed by atoms with Crippen molar-refractivity contribution >= 4 is 23.1 Å². The summed E-state index contributed by atoms with van der Waals surface area (Å²) in [5, 5.41) is 2.05. The molecule has 7 heteroatoms. The summed E-state index contributed by atoms with van der Waals surface area (Å²) in [4.78, 5) is 15.1. The second-order valence-corrected chi connectivity index (χ2v) is 11.1. The average molecular weight is 522 g/mol. The van der Waals surface area contributed by atoms with Gasteiger partial charge >= 0.3 is 5.97 Å². The molecule has 2 aromatic rings. The van der Waals surface area contributed by atoms with Gasteiger partial charge in [-0.2, -0.15) is 0 Å². The van der Waals surface area contributed by atoms with Crippen LogP contribution in [-0.2, 0) is 19.0 Å². The minimum atomic E-state index is -0.491. The molecule has 0 spiro atoms. The van der Waals surface area contributed by atoms with Crippen LogP contribution in [0.15, 0.2) is 77.8 Å². The van der Waals surface area contributed by atoms with Crippen molar-refractivity contribution in [1.29, 1.82) is 0 Å². The number of nitrogens with zero attached hydrogens (tertiary/aromatic N) is 1. The molecule has 4 rings (SSSR count). The van der Waals surface area contributed by atoms with Gasteiger partial charge in [-0.1, -0.05) is 29.9 Å². The normalized spacial score (nSPS) is 15.3. The lowest BCUT2D eigenvalue weighted by molar-refractivity contribution is -0.155. The van der Waals surface area contributed by atoms with E-state index in [9.17, 15) is 4.79 Å². The van der Waals surface area contributed by atoms with E-state index in [1.54, 1.807) is 23.9 Å². The van der Waals surface area contributed by atoms with Crippen LogP contribution in [0.2, 0.25) is 0 Å². The van der Waals surface area contributed by atoms with E-state index in [1.807, 2.05) is 56.3 Å². The first-order chi connectivity index (χ1) is 17.8. The van der Waals surface area contributed by atoms with E-state index >= 15 is 0 Å². The lowest BCUT2D eigenvalue weighted by atomic mass is 10.0. The molecule has 0 unspecified atom stereocenters. The maximum atomic E-state index is 12.1. The van der Waals surface area contributed by atoms with Crippen molar-refractivity contribution in [3.8, 4) is 16.2 Å². The van der Waals surface area contributed by atoms with Crippen LogP contribution >= 0.6 is 11.3 Å². The van der Waals surface area contributed by atoms with Crippen LogP contribution in [0, 0.1) is 0 Å². The molecule has 196 valence electrons. The number of rotatable bonds is 10. The number of carbonyl (C=O) groups is 1. The molecule has 1 aromatic carbocycles. The fourth-order valence-electron chi connectivity index (χ4n) is 4.01. The summed E-state index contributed by atoms with van der Waals surface area (Å²) in [7, 11) is 1.88. The van der Waals surface area contributed by atoms with E-state index in [2.05, 4.69) is 30.4 Å². The van der Waals surface area contributed by atoms with Gasteiger partial charge in [0.05, 0.1) is 6.54 Å². The van der Waals surface area contributed by atoms with Gasteiger partial charge in [0.15, 0.2) is 5.76 Å². The Hall–Kier alpha value is -3.29. The number of thiophene rings is 1. The summed E-state index contributed by atoms with van der Waals surface area (Å²) < 4.78 is 23.4. The number of hydrogen-bond donors (Lipinski definition) is 0. The van der Waals surface area contributed by atoms with Gasteiger partial charge in [-0.15, -0.1) is 11.3 Å². The minimum Gasteiger partial charge on any atom is -0.492 e. The van der Waals surface area contributed by atoms with Gasteiger partial charge in [0, 0.05) is 29.0 Å². The third-order valence-electron chi connectivity index (χ3n) is 5.72. The maximum Gasteiger partial charge on any atom is 0.320 e. The summed E-state index contributed by atoms with van der Waals surface area (Å²) in [6, 6.07) is 10.1. The van der Waals surface area contributed by atoms with Gasteiger partial charge in [0.2, 0.25) is 0 Å².